The van der Waals surface area contributed by atoms with Crippen molar-refractivity contribution in [3.05, 3.63) is 27.8 Å². The monoisotopic (exact) mass is 356 g/mol. The molecule has 0 bridgehead atoms. The molecule has 1 aromatic carbocycles. The zero-order valence-electron chi connectivity index (χ0n) is 9.23. The van der Waals surface area contributed by atoms with E-state index < -0.39 is 34.4 Å². The molecule has 0 aromatic heterocycles. The molecule has 0 aliphatic carbocycles. The predicted molar refractivity (Wildman–Crippen MR) is 67.5 cm³/mol. The second kappa shape index (κ2) is 4.40. The first-order chi connectivity index (χ1) is 7.18. The van der Waals surface area contributed by atoms with E-state index >= 15 is 0 Å². The molecule has 0 saturated carbocycles. The highest BCUT2D eigenvalue weighted by Crippen LogP contribution is 2.31. The summed E-state index contributed by atoms with van der Waals surface area (Å²) in [5.41, 5.74) is 0. The third kappa shape index (κ3) is 2.42. The van der Waals surface area contributed by atoms with Gasteiger partial charge in [0.25, 0.3) is 0 Å². The second-order valence-corrected chi connectivity index (χ2v) is 9.34. The van der Waals surface area contributed by atoms with Crippen LogP contribution in [0, 0.1) is 3.57 Å². The lowest BCUT2D eigenvalue weighted by Gasteiger charge is -2.19. The summed E-state index contributed by atoms with van der Waals surface area (Å²) in [6.45, 7) is 4.65. The number of hydrogen-bond donors (Lipinski definition) is 0. The Bertz CT molecular complexity index is 557. The fourth-order valence-corrected chi connectivity index (χ4v) is 4.77. The minimum atomic E-state index is -3.79. The average Bonchev–Trinajstić information content (AvgIpc) is 2.16. The second-order valence-electron chi connectivity index (χ2n) is 4.26. The van der Waals surface area contributed by atoms with Crippen molar-refractivity contribution < 1.29 is 14.6 Å². The molecule has 0 aliphatic heterocycles. The zero-order valence-corrected chi connectivity index (χ0v) is 12.2. The van der Waals surface area contributed by atoms with Gasteiger partial charge in [0.15, 0.2) is 9.84 Å². The maximum Gasteiger partial charge on any atom is 0.342 e. The van der Waals surface area contributed by atoms with Crippen LogP contribution in [-0.4, -0.2) is 13.2 Å². The smallest absolute Gasteiger partial charge is 0.230 e. The normalized spacial score (nSPS) is 13.0. The van der Waals surface area contributed by atoms with Gasteiger partial charge in [0, 0.05) is 0 Å². The molecule has 16 heavy (non-hydrogen) atoms. The number of hydrogen-bond acceptors (Lipinski definition) is 4. The quantitative estimate of drug-likeness (QED) is 0.764. The summed E-state index contributed by atoms with van der Waals surface area (Å²) >= 11 is -3.79. The lowest BCUT2D eigenvalue weighted by atomic mass is 10.3. The van der Waals surface area contributed by atoms with E-state index in [9.17, 15) is 14.6 Å². The third-order valence-corrected chi connectivity index (χ3v) is 6.90. The fraction of sp³-hybridized carbons (Fsp3) is 0.400. The largest absolute Gasteiger partial charge is 0.342 e. The number of benzene rings is 1. The Balaban J connectivity index is 3.59. The van der Waals surface area contributed by atoms with E-state index in [1.54, 1.807) is 20.8 Å². The number of sulfone groups is 1. The van der Waals surface area contributed by atoms with Crippen LogP contribution in [0.1, 0.15) is 20.8 Å². The molecule has 1 rings (SSSR count). The highest BCUT2D eigenvalue weighted by molar-refractivity contribution is 14.2. The summed E-state index contributed by atoms with van der Waals surface area (Å²) in [6.07, 6.45) is 0. The summed E-state index contributed by atoms with van der Waals surface area (Å²) < 4.78 is 45.3. The SMILES string of the molecule is CC(C)(C)S(=O)(=O)c1ccccc1I(=O)=O. The van der Waals surface area contributed by atoms with Gasteiger partial charge in [0.05, 0.1) is 13.2 Å². The molecule has 6 heteroatoms. The molecule has 90 valence electrons. The van der Waals surface area contributed by atoms with Crippen LogP contribution in [0.5, 0.6) is 0 Å². The maximum atomic E-state index is 12.1. The van der Waals surface area contributed by atoms with Gasteiger partial charge in [0.2, 0.25) is 0 Å². The lowest BCUT2D eigenvalue weighted by Crippen LogP contribution is -2.28. The highest BCUT2D eigenvalue weighted by Gasteiger charge is 2.33. The Morgan fingerprint density at radius 3 is 2.00 bits per heavy atom. The van der Waals surface area contributed by atoms with Crippen molar-refractivity contribution in [1.29, 1.82) is 0 Å². The molecule has 0 heterocycles. The summed E-state index contributed by atoms with van der Waals surface area (Å²) in [4.78, 5) is -0.0855. The Labute approximate surface area is 102 Å². The van der Waals surface area contributed by atoms with Gasteiger partial charge in [-0.05, 0) is 32.9 Å². The zero-order chi connectivity index (χ0) is 12.6. The third-order valence-electron chi connectivity index (χ3n) is 2.10. The van der Waals surface area contributed by atoms with Crippen LogP contribution in [0.3, 0.4) is 0 Å². The molecule has 4 nitrogen and oxygen atoms in total. The van der Waals surface area contributed by atoms with Crippen LogP contribution in [0.2, 0.25) is 0 Å². The van der Waals surface area contributed by atoms with E-state index in [2.05, 4.69) is 0 Å². The molecule has 0 fully saturated rings. The van der Waals surface area contributed by atoms with Crippen LogP contribution >= 0.6 is 19.8 Å². The Kier molecular flexibility index (Phi) is 3.73. The van der Waals surface area contributed by atoms with Crippen molar-refractivity contribution in [2.75, 3.05) is 0 Å². The van der Waals surface area contributed by atoms with Gasteiger partial charge < -0.3 is 0 Å². The van der Waals surface area contributed by atoms with Gasteiger partial charge >= 0.3 is 19.8 Å². The number of rotatable bonds is 2. The van der Waals surface area contributed by atoms with E-state index in [-0.39, 0.29) is 8.47 Å². The van der Waals surface area contributed by atoms with Crippen LogP contribution in [-0.2, 0) is 16.0 Å². The van der Waals surface area contributed by atoms with Crippen LogP contribution in [0.25, 0.3) is 0 Å². The Morgan fingerprint density at radius 1 is 1.06 bits per heavy atom. The maximum absolute atomic E-state index is 12.1. The molecule has 0 saturated heterocycles. The van der Waals surface area contributed by atoms with Crippen molar-refractivity contribution in [2.45, 2.75) is 30.4 Å². The van der Waals surface area contributed by atoms with Crippen LogP contribution in [0.4, 0.5) is 0 Å². The van der Waals surface area contributed by atoms with Crippen molar-refractivity contribution in [3.8, 4) is 0 Å². The van der Waals surface area contributed by atoms with E-state index in [0.29, 0.717) is 0 Å². The average molecular weight is 356 g/mol. The molecule has 0 N–H and O–H groups in total. The van der Waals surface area contributed by atoms with Gasteiger partial charge in [-0.15, -0.1) is 0 Å². The fourth-order valence-electron chi connectivity index (χ4n) is 1.12. The summed E-state index contributed by atoms with van der Waals surface area (Å²) in [5, 5.41) is 0. The molecule has 0 spiro atoms. The minimum Gasteiger partial charge on any atom is -0.230 e. The predicted octanol–water partition coefficient (Wildman–Crippen LogP) is 2.63. The molecule has 0 atom stereocenters. The first kappa shape index (κ1) is 13.6. The topological polar surface area (TPSA) is 68.3 Å². The van der Waals surface area contributed by atoms with Gasteiger partial charge in [-0.1, -0.05) is 12.1 Å². The van der Waals surface area contributed by atoms with Crippen LogP contribution < -0.4 is 0 Å². The standard InChI is InChI=1S/C10H13IO4S/c1-10(2,3)16(14,15)9-7-5-4-6-8(9)11(12)13/h4-7H,1-3H3. The van der Waals surface area contributed by atoms with E-state index in [0.717, 1.165) is 0 Å². The molecular formula is C10H13IO4S. The molecule has 1 aromatic rings. The van der Waals surface area contributed by atoms with E-state index in [1.807, 2.05) is 0 Å². The Hall–Kier alpha value is -0.500. The molecule has 0 amide bonds. The molecule has 0 aliphatic rings. The van der Waals surface area contributed by atoms with Gasteiger partial charge in [-0.3, -0.25) is 0 Å². The van der Waals surface area contributed by atoms with Gasteiger partial charge in [0.1, 0.15) is 0 Å². The molecular weight excluding hydrogens is 343 g/mol. The summed E-state index contributed by atoms with van der Waals surface area (Å²) in [7, 11) is -3.61. The minimum absolute atomic E-state index is 0.0541. The lowest BCUT2D eigenvalue weighted by molar-refractivity contribution is 0.559. The van der Waals surface area contributed by atoms with E-state index in [4.69, 9.17) is 0 Å². The highest BCUT2D eigenvalue weighted by atomic mass is 127. The van der Waals surface area contributed by atoms with Gasteiger partial charge in [-0.25, -0.2) is 14.6 Å². The first-order valence-corrected chi connectivity index (χ1v) is 8.89. The first-order valence-electron chi connectivity index (χ1n) is 4.57. The summed E-state index contributed by atoms with van der Waals surface area (Å²) in [5.74, 6) is 0. The Morgan fingerprint density at radius 2 is 1.56 bits per heavy atom. The van der Waals surface area contributed by atoms with Crippen LogP contribution in [0.15, 0.2) is 29.2 Å². The van der Waals surface area contributed by atoms with E-state index in [1.165, 1.54) is 24.3 Å². The van der Waals surface area contributed by atoms with Crippen molar-refractivity contribution in [2.24, 2.45) is 0 Å². The van der Waals surface area contributed by atoms with Crippen molar-refractivity contribution in [1.82, 2.24) is 0 Å². The van der Waals surface area contributed by atoms with Crippen molar-refractivity contribution >= 4 is 29.6 Å². The summed E-state index contributed by atoms with van der Waals surface area (Å²) in [6, 6.07) is 5.73. The van der Waals surface area contributed by atoms with Gasteiger partial charge in [-0.2, -0.15) is 0 Å². The van der Waals surface area contributed by atoms with Crippen molar-refractivity contribution in [3.63, 3.8) is 0 Å². The molecule has 0 unspecified atom stereocenters. The number of halogens is 1. The molecule has 0 radical (unpaired) electrons.